The summed E-state index contributed by atoms with van der Waals surface area (Å²) in [5, 5.41) is 13.6. The summed E-state index contributed by atoms with van der Waals surface area (Å²) in [6, 6.07) is 26.2. The van der Waals surface area contributed by atoms with Gasteiger partial charge in [0.15, 0.2) is 16.0 Å². The highest BCUT2D eigenvalue weighted by atomic mass is 32.2. The first-order chi connectivity index (χ1) is 22.2. The Kier molecular flexibility index (Phi) is 11.1. The number of nitrogens with zero attached hydrogens (tertiary/aromatic N) is 2. The molecule has 46 heavy (non-hydrogen) atoms. The van der Waals surface area contributed by atoms with E-state index in [1.54, 1.807) is 6.07 Å². The number of pyridine rings is 1. The van der Waals surface area contributed by atoms with E-state index in [2.05, 4.69) is 61.0 Å². The Morgan fingerprint density at radius 2 is 1.59 bits per heavy atom. The van der Waals surface area contributed by atoms with Crippen molar-refractivity contribution in [1.82, 2.24) is 0 Å². The molecule has 1 aliphatic heterocycles. The van der Waals surface area contributed by atoms with Crippen LogP contribution in [0.1, 0.15) is 82.3 Å². The van der Waals surface area contributed by atoms with E-state index in [1.807, 2.05) is 55.4 Å². The summed E-state index contributed by atoms with van der Waals surface area (Å²) >= 11 is 0. The maximum atomic E-state index is 14.1. The minimum atomic E-state index is -3.63. The normalized spacial score (nSPS) is 18.5. The zero-order valence-corrected chi connectivity index (χ0v) is 28.8. The molecule has 1 aromatic heterocycles. The number of unbranched alkanes of at least 4 members (excludes halogenated alkanes) is 3. The van der Waals surface area contributed by atoms with E-state index >= 15 is 0 Å². The zero-order valence-electron chi connectivity index (χ0n) is 28.0. The van der Waals surface area contributed by atoms with Gasteiger partial charge in [0.2, 0.25) is 5.52 Å². The van der Waals surface area contributed by atoms with Crippen LogP contribution >= 0.6 is 0 Å². The van der Waals surface area contributed by atoms with Crippen molar-refractivity contribution in [3.8, 4) is 5.75 Å². The number of aryl methyl sites for hydroxylation is 1. The molecule has 0 saturated heterocycles. The third-order valence-electron chi connectivity index (χ3n) is 9.75. The van der Waals surface area contributed by atoms with Crippen molar-refractivity contribution in [3.63, 3.8) is 0 Å². The number of hydrogen-bond donors (Lipinski definition) is 1. The van der Waals surface area contributed by atoms with Gasteiger partial charge in [-0.3, -0.25) is 0 Å². The number of aliphatic hydroxyl groups excluding tert-OH is 1. The SMILES string of the molecule is CCCCC1(CCCC)CS(=O)(=O)c2ccc(N(C)C)cc2[C@@H](c2ccc(OCCCC[n+]3cccc4ccccc43)cc2)[C@H]1O. The van der Waals surface area contributed by atoms with Crippen LogP contribution in [0.4, 0.5) is 5.69 Å². The molecule has 3 aromatic carbocycles. The van der Waals surface area contributed by atoms with Crippen LogP contribution in [0.5, 0.6) is 5.75 Å². The van der Waals surface area contributed by atoms with Crippen molar-refractivity contribution >= 4 is 26.4 Å². The van der Waals surface area contributed by atoms with Gasteiger partial charge in [0, 0.05) is 55.1 Å². The summed E-state index contributed by atoms with van der Waals surface area (Å²) in [6.45, 7) is 5.79. The Labute approximate surface area is 276 Å². The molecule has 2 heterocycles. The molecule has 1 N–H and O–H groups in total. The fourth-order valence-electron chi connectivity index (χ4n) is 7.15. The Balaban J connectivity index is 1.38. The van der Waals surface area contributed by atoms with Gasteiger partial charge in [0.25, 0.3) is 0 Å². The van der Waals surface area contributed by atoms with E-state index in [4.69, 9.17) is 4.74 Å². The van der Waals surface area contributed by atoms with Gasteiger partial charge in [-0.25, -0.2) is 8.42 Å². The first-order valence-corrected chi connectivity index (χ1v) is 18.7. The smallest absolute Gasteiger partial charge is 0.212 e. The van der Waals surface area contributed by atoms with Crippen molar-refractivity contribution < 1.29 is 22.8 Å². The highest BCUT2D eigenvalue weighted by Crippen LogP contribution is 2.50. The zero-order chi connectivity index (χ0) is 32.7. The monoisotopic (exact) mass is 643 g/mol. The third-order valence-corrected chi connectivity index (χ3v) is 11.7. The number of aromatic nitrogens is 1. The molecular formula is C39H51N2O4S+. The van der Waals surface area contributed by atoms with Crippen LogP contribution in [-0.2, 0) is 16.4 Å². The Hall–Kier alpha value is -3.42. The molecule has 0 unspecified atom stereocenters. The second kappa shape index (κ2) is 15.0. The molecule has 7 heteroatoms. The van der Waals surface area contributed by atoms with Gasteiger partial charge in [-0.15, -0.1) is 0 Å². The number of aliphatic hydroxyl groups is 1. The summed E-state index contributed by atoms with van der Waals surface area (Å²) in [6.07, 6.45) is 8.27. The summed E-state index contributed by atoms with van der Waals surface area (Å²) in [5.41, 5.74) is 3.04. The molecule has 2 atom stereocenters. The second-order valence-corrected chi connectivity index (χ2v) is 15.2. The van der Waals surface area contributed by atoms with Crippen molar-refractivity contribution in [2.45, 2.75) is 88.7 Å². The van der Waals surface area contributed by atoms with Gasteiger partial charge in [-0.05, 0) is 72.9 Å². The van der Waals surface area contributed by atoms with Crippen LogP contribution in [0.15, 0.2) is 90.0 Å². The quantitative estimate of drug-likeness (QED) is 0.113. The fourth-order valence-corrected chi connectivity index (χ4v) is 9.34. The van der Waals surface area contributed by atoms with Crippen LogP contribution in [0.3, 0.4) is 0 Å². The maximum Gasteiger partial charge on any atom is 0.212 e. The number of hydrogen-bond acceptors (Lipinski definition) is 5. The summed E-state index contributed by atoms with van der Waals surface area (Å²) in [7, 11) is 0.287. The van der Waals surface area contributed by atoms with Crippen LogP contribution < -0.4 is 14.2 Å². The van der Waals surface area contributed by atoms with Crippen LogP contribution in [-0.4, -0.2) is 46.1 Å². The number of para-hydroxylation sites is 1. The lowest BCUT2D eigenvalue weighted by molar-refractivity contribution is -0.671. The number of rotatable bonds is 14. The fraction of sp³-hybridized carbons (Fsp3) is 0.462. The lowest BCUT2D eigenvalue weighted by Gasteiger charge is -2.40. The average molecular weight is 644 g/mol. The highest BCUT2D eigenvalue weighted by molar-refractivity contribution is 7.91. The minimum absolute atomic E-state index is 0.0236. The molecule has 0 saturated carbocycles. The molecule has 0 bridgehead atoms. The van der Waals surface area contributed by atoms with E-state index in [9.17, 15) is 13.5 Å². The molecule has 0 radical (unpaired) electrons. The first-order valence-electron chi connectivity index (χ1n) is 17.0. The standard InChI is InChI=1S/C39H51N2O4S/c1-5-7-23-39(24-8-6-2)29-46(43,44)36-22-19-32(40(3)4)28-34(36)37(38(39)42)31-17-20-33(21-18-31)45-27-12-11-25-41-26-13-15-30-14-9-10-16-35(30)41/h9-10,13-22,26,28,37-38,42H,5-8,11-12,23-25,27,29H2,1-4H3/q+1/t37-,38-/m1/s1. The molecular weight excluding hydrogens is 593 g/mol. The molecule has 1 aliphatic rings. The predicted molar refractivity (Wildman–Crippen MR) is 187 cm³/mol. The highest BCUT2D eigenvalue weighted by Gasteiger charge is 2.49. The van der Waals surface area contributed by atoms with E-state index in [0.29, 0.717) is 29.9 Å². The van der Waals surface area contributed by atoms with Crippen molar-refractivity contribution in [2.24, 2.45) is 5.41 Å². The largest absolute Gasteiger partial charge is 0.494 e. The Morgan fingerprint density at radius 3 is 2.28 bits per heavy atom. The Bertz CT molecular complexity index is 1690. The first kappa shape index (κ1) is 33.9. The van der Waals surface area contributed by atoms with Crippen molar-refractivity contribution in [2.75, 3.05) is 31.4 Å². The number of benzene rings is 3. The topological polar surface area (TPSA) is 70.7 Å². The van der Waals surface area contributed by atoms with Crippen molar-refractivity contribution in [3.05, 3.63) is 96.2 Å². The van der Waals surface area contributed by atoms with Gasteiger partial charge in [-0.1, -0.05) is 63.8 Å². The molecule has 0 aliphatic carbocycles. The molecule has 5 rings (SSSR count). The van der Waals surface area contributed by atoms with Crippen LogP contribution in [0.25, 0.3) is 10.9 Å². The number of ether oxygens (including phenoxy) is 1. The lowest BCUT2D eigenvalue weighted by Crippen LogP contribution is -2.43. The predicted octanol–water partition coefficient (Wildman–Crippen LogP) is 7.70. The molecule has 4 aromatic rings. The average Bonchev–Trinajstić information content (AvgIpc) is 3.13. The van der Waals surface area contributed by atoms with Crippen LogP contribution in [0, 0.1) is 5.41 Å². The Morgan fingerprint density at radius 1 is 0.891 bits per heavy atom. The molecule has 6 nitrogen and oxygen atoms in total. The van der Waals surface area contributed by atoms with E-state index in [-0.39, 0.29) is 5.75 Å². The van der Waals surface area contributed by atoms with Gasteiger partial charge < -0.3 is 14.7 Å². The van der Waals surface area contributed by atoms with Crippen molar-refractivity contribution in [1.29, 1.82) is 0 Å². The van der Waals surface area contributed by atoms with Gasteiger partial charge in [0.1, 0.15) is 12.3 Å². The van der Waals surface area contributed by atoms with Gasteiger partial charge in [-0.2, -0.15) is 4.57 Å². The second-order valence-electron chi connectivity index (χ2n) is 13.3. The minimum Gasteiger partial charge on any atom is -0.494 e. The summed E-state index contributed by atoms with van der Waals surface area (Å²) < 4.78 is 36.6. The maximum absolute atomic E-state index is 14.1. The van der Waals surface area contributed by atoms with Gasteiger partial charge >= 0.3 is 0 Å². The number of sulfone groups is 1. The third kappa shape index (κ3) is 7.42. The molecule has 0 amide bonds. The molecule has 0 spiro atoms. The summed E-state index contributed by atoms with van der Waals surface area (Å²) in [4.78, 5) is 2.33. The molecule has 246 valence electrons. The number of anilines is 1. The van der Waals surface area contributed by atoms with Crippen LogP contribution in [0.2, 0.25) is 0 Å². The van der Waals surface area contributed by atoms with E-state index < -0.39 is 27.3 Å². The molecule has 0 fully saturated rings. The van der Waals surface area contributed by atoms with E-state index in [1.165, 1.54) is 10.9 Å². The summed E-state index contributed by atoms with van der Waals surface area (Å²) in [5.74, 6) is 0.292. The van der Waals surface area contributed by atoms with Gasteiger partial charge in [0.05, 0.1) is 23.4 Å². The lowest BCUT2D eigenvalue weighted by atomic mass is 9.68. The number of fused-ring (bicyclic) bond motifs is 2. The van der Waals surface area contributed by atoms with E-state index in [0.717, 1.165) is 62.1 Å².